The number of fused-ring (bicyclic) bond motifs is 1. The third-order valence-corrected chi connectivity index (χ3v) is 2.98. The molecule has 96 valence electrons. The van der Waals surface area contributed by atoms with E-state index >= 15 is 0 Å². The Kier molecular flexibility index (Phi) is 2.63. The molecule has 0 atom stereocenters. The first kappa shape index (κ1) is 11.6. The average molecular weight is 254 g/mol. The molecule has 0 aliphatic carbocycles. The van der Waals surface area contributed by atoms with Gasteiger partial charge in [0.25, 0.3) is 0 Å². The van der Waals surface area contributed by atoms with Gasteiger partial charge in [-0.3, -0.25) is 4.68 Å². The maximum atomic E-state index is 4.58. The highest BCUT2D eigenvalue weighted by Gasteiger charge is 2.10. The lowest BCUT2D eigenvalue weighted by atomic mass is 10.2. The highest BCUT2D eigenvalue weighted by atomic mass is 15.3. The summed E-state index contributed by atoms with van der Waals surface area (Å²) in [6.07, 6.45) is 3.30. The molecule has 3 aromatic rings. The summed E-state index contributed by atoms with van der Waals surface area (Å²) in [4.78, 5) is 15.1. The Bertz CT molecular complexity index is 731. The Hall–Kier alpha value is -2.50. The van der Waals surface area contributed by atoms with Crippen LogP contribution in [0.3, 0.4) is 0 Å². The van der Waals surface area contributed by atoms with Gasteiger partial charge in [0.1, 0.15) is 12.1 Å². The zero-order chi connectivity index (χ0) is 13.4. The Morgan fingerprint density at radius 1 is 1.11 bits per heavy atom. The van der Waals surface area contributed by atoms with Crippen LogP contribution in [0, 0.1) is 0 Å². The second-order valence-electron chi connectivity index (χ2n) is 4.50. The molecule has 0 saturated heterocycles. The van der Waals surface area contributed by atoms with Crippen molar-refractivity contribution in [3.05, 3.63) is 30.7 Å². The molecule has 3 heterocycles. The number of rotatable bonds is 2. The van der Waals surface area contributed by atoms with Crippen LogP contribution in [-0.4, -0.2) is 38.8 Å². The van der Waals surface area contributed by atoms with Gasteiger partial charge in [-0.1, -0.05) is 0 Å². The molecule has 0 saturated carbocycles. The van der Waals surface area contributed by atoms with Crippen molar-refractivity contribution in [1.82, 2.24) is 24.7 Å². The number of hydrogen-bond donors (Lipinski definition) is 0. The summed E-state index contributed by atoms with van der Waals surface area (Å²) in [6, 6.07) is 5.90. The van der Waals surface area contributed by atoms with Crippen LogP contribution in [0.15, 0.2) is 30.7 Å². The predicted molar refractivity (Wildman–Crippen MR) is 73.9 cm³/mol. The van der Waals surface area contributed by atoms with E-state index in [4.69, 9.17) is 0 Å². The Labute approximate surface area is 110 Å². The summed E-state index contributed by atoms with van der Waals surface area (Å²) < 4.78 is 1.79. The molecule has 0 amide bonds. The molecule has 3 rings (SSSR count). The van der Waals surface area contributed by atoms with E-state index in [1.165, 1.54) is 6.33 Å². The van der Waals surface area contributed by atoms with Gasteiger partial charge in [-0.15, -0.1) is 0 Å². The number of aromatic nitrogens is 5. The summed E-state index contributed by atoms with van der Waals surface area (Å²) in [5.41, 5.74) is 2.51. The molecule has 6 heteroatoms. The van der Waals surface area contributed by atoms with Gasteiger partial charge >= 0.3 is 0 Å². The fourth-order valence-electron chi connectivity index (χ4n) is 2.05. The second-order valence-corrected chi connectivity index (χ2v) is 4.50. The lowest BCUT2D eigenvalue weighted by molar-refractivity contribution is 0.773. The van der Waals surface area contributed by atoms with Gasteiger partial charge in [-0.2, -0.15) is 5.10 Å². The SMILES string of the molecule is CN(C)c1ncnc2nc(-c3ccnn3C)ccc12. The molecule has 0 spiro atoms. The molecule has 0 aromatic carbocycles. The maximum Gasteiger partial charge on any atom is 0.165 e. The van der Waals surface area contributed by atoms with Crippen molar-refractivity contribution in [3.8, 4) is 11.4 Å². The molecule has 0 unspecified atom stereocenters. The summed E-state index contributed by atoms with van der Waals surface area (Å²) >= 11 is 0. The molecule has 6 nitrogen and oxygen atoms in total. The molecule has 0 fully saturated rings. The van der Waals surface area contributed by atoms with E-state index in [1.54, 1.807) is 10.9 Å². The molecule has 0 aliphatic heterocycles. The van der Waals surface area contributed by atoms with Crippen molar-refractivity contribution in [2.45, 2.75) is 0 Å². The second kappa shape index (κ2) is 4.31. The van der Waals surface area contributed by atoms with E-state index in [-0.39, 0.29) is 0 Å². The normalized spacial score (nSPS) is 10.9. The Morgan fingerprint density at radius 3 is 2.63 bits per heavy atom. The minimum Gasteiger partial charge on any atom is -0.362 e. The van der Waals surface area contributed by atoms with Gasteiger partial charge in [0.2, 0.25) is 0 Å². The largest absolute Gasteiger partial charge is 0.362 e. The van der Waals surface area contributed by atoms with E-state index in [9.17, 15) is 0 Å². The van der Waals surface area contributed by atoms with Crippen molar-refractivity contribution in [2.24, 2.45) is 7.05 Å². The van der Waals surface area contributed by atoms with Crippen molar-refractivity contribution in [1.29, 1.82) is 0 Å². The van der Waals surface area contributed by atoms with Crippen LogP contribution in [0.5, 0.6) is 0 Å². The molecule has 0 radical (unpaired) electrons. The fourth-order valence-corrected chi connectivity index (χ4v) is 2.05. The number of nitrogens with zero attached hydrogens (tertiary/aromatic N) is 6. The molecular formula is C13H14N6. The first-order chi connectivity index (χ1) is 9.16. The van der Waals surface area contributed by atoms with E-state index in [0.717, 1.165) is 22.6 Å². The van der Waals surface area contributed by atoms with Crippen LogP contribution in [0.1, 0.15) is 0 Å². The van der Waals surface area contributed by atoms with Crippen LogP contribution >= 0.6 is 0 Å². The van der Waals surface area contributed by atoms with Crippen molar-refractivity contribution in [3.63, 3.8) is 0 Å². The summed E-state index contributed by atoms with van der Waals surface area (Å²) in [6.45, 7) is 0. The minimum absolute atomic E-state index is 0.692. The monoisotopic (exact) mass is 254 g/mol. The van der Waals surface area contributed by atoms with Crippen LogP contribution < -0.4 is 4.90 Å². The highest BCUT2D eigenvalue weighted by Crippen LogP contribution is 2.23. The van der Waals surface area contributed by atoms with Gasteiger partial charge in [0.05, 0.1) is 16.8 Å². The van der Waals surface area contributed by atoms with E-state index in [0.29, 0.717) is 5.65 Å². The van der Waals surface area contributed by atoms with Gasteiger partial charge in [-0.05, 0) is 18.2 Å². The first-order valence-electron chi connectivity index (χ1n) is 5.94. The van der Waals surface area contributed by atoms with E-state index in [1.807, 2.05) is 44.2 Å². The lowest BCUT2D eigenvalue weighted by Gasteiger charge is -2.13. The molecule has 3 aromatic heterocycles. The van der Waals surface area contributed by atoms with Gasteiger partial charge in [0.15, 0.2) is 5.65 Å². The highest BCUT2D eigenvalue weighted by molar-refractivity contribution is 5.87. The Morgan fingerprint density at radius 2 is 1.95 bits per heavy atom. The molecule has 19 heavy (non-hydrogen) atoms. The number of aryl methyl sites for hydroxylation is 1. The van der Waals surface area contributed by atoms with Crippen LogP contribution in [0.4, 0.5) is 5.82 Å². The van der Waals surface area contributed by atoms with Crippen LogP contribution in [-0.2, 0) is 7.05 Å². The standard InChI is InChI=1S/C13H14N6/c1-18(2)13-9-4-5-10(11-6-7-16-19(11)3)17-12(9)14-8-15-13/h4-8H,1-3H3. The van der Waals surface area contributed by atoms with Crippen LogP contribution in [0.2, 0.25) is 0 Å². The smallest absolute Gasteiger partial charge is 0.165 e. The first-order valence-corrected chi connectivity index (χ1v) is 5.94. The van der Waals surface area contributed by atoms with E-state index in [2.05, 4.69) is 20.1 Å². The zero-order valence-electron chi connectivity index (χ0n) is 11.1. The molecular weight excluding hydrogens is 240 g/mol. The summed E-state index contributed by atoms with van der Waals surface area (Å²) in [5, 5.41) is 5.10. The quantitative estimate of drug-likeness (QED) is 0.693. The number of anilines is 1. The molecule has 0 bridgehead atoms. The van der Waals surface area contributed by atoms with Gasteiger partial charge in [-0.25, -0.2) is 15.0 Å². The summed E-state index contributed by atoms with van der Waals surface area (Å²) in [7, 11) is 5.81. The van der Waals surface area contributed by atoms with Crippen molar-refractivity contribution >= 4 is 16.9 Å². The predicted octanol–water partition coefficient (Wildman–Crippen LogP) is 1.49. The van der Waals surface area contributed by atoms with Crippen LogP contribution in [0.25, 0.3) is 22.4 Å². The lowest BCUT2D eigenvalue weighted by Crippen LogP contribution is -2.11. The Balaban J connectivity index is 2.20. The minimum atomic E-state index is 0.692. The third kappa shape index (κ3) is 1.91. The van der Waals surface area contributed by atoms with Crippen molar-refractivity contribution in [2.75, 3.05) is 19.0 Å². The molecule has 0 aliphatic rings. The number of hydrogen-bond acceptors (Lipinski definition) is 5. The zero-order valence-corrected chi connectivity index (χ0v) is 11.1. The van der Waals surface area contributed by atoms with Gasteiger partial charge in [0, 0.05) is 27.3 Å². The average Bonchev–Trinajstić information content (AvgIpc) is 2.83. The summed E-state index contributed by atoms with van der Waals surface area (Å²) in [5.74, 6) is 0.869. The maximum absolute atomic E-state index is 4.58. The molecule has 0 N–H and O–H groups in total. The fraction of sp³-hybridized carbons (Fsp3) is 0.231. The number of pyridine rings is 1. The van der Waals surface area contributed by atoms with Crippen molar-refractivity contribution < 1.29 is 0 Å². The third-order valence-electron chi connectivity index (χ3n) is 2.98. The van der Waals surface area contributed by atoms with E-state index < -0.39 is 0 Å². The van der Waals surface area contributed by atoms with Gasteiger partial charge < -0.3 is 4.90 Å². The topological polar surface area (TPSA) is 59.7 Å².